The number of benzene rings is 3. The van der Waals surface area contributed by atoms with Gasteiger partial charge in [0.25, 0.3) is 11.6 Å². The molecule has 0 aliphatic rings. The quantitative estimate of drug-likeness (QED) is 0.196. The van der Waals surface area contributed by atoms with Crippen LogP contribution in [0.3, 0.4) is 0 Å². The highest BCUT2D eigenvalue weighted by Gasteiger charge is 2.14. The first-order valence-corrected chi connectivity index (χ1v) is 9.10. The number of nitro benzene ring substituents is 1. The summed E-state index contributed by atoms with van der Waals surface area (Å²) >= 11 is 5.99. The summed E-state index contributed by atoms with van der Waals surface area (Å²) < 4.78 is 5.34. The molecule has 0 fully saturated rings. The molecular weight excluding hydrogens is 426 g/mol. The summed E-state index contributed by atoms with van der Waals surface area (Å²) in [5, 5.41) is 24.6. The number of amides is 1. The van der Waals surface area contributed by atoms with Crippen LogP contribution in [0.25, 0.3) is 0 Å². The molecule has 3 aromatic rings. The minimum Gasteiger partial charge on any atom is -0.507 e. The van der Waals surface area contributed by atoms with Crippen LogP contribution in [0.5, 0.6) is 11.5 Å². The van der Waals surface area contributed by atoms with Gasteiger partial charge in [-0.15, -0.1) is 0 Å². The number of nitrogens with zero attached hydrogens (tertiary/aromatic N) is 2. The molecule has 3 rings (SSSR count). The average Bonchev–Trinajstić information content (AvgIpc) is 2.75. The van der Waals surface area contributed by atoms with Gasteiger partial charge in [0.05, 0.1) is 22.3 Å². The van der Waals surface area contributed by atoms with Crippen molar-refractivity contribution in [1.82, 2.24) is 5.43 Å². The van der Waals surface area contributed by atoms with E-state index in [9.17, 15) is 24.8 Å². The number of hydrogen-bond acceptors (Lipinski definition) is 7. The largest absolute Gasteiger partial charge is 0.507 e. The van der Waals surface area contributed by atoms with E-state index in [2.05, 4.69) is 10.5 Å². The molecule has 0 bridgehead atoms. The third kappa shape index (κ3) is 5.43. The first-order chi connectivity index (χ1) is 14.8. The van der Waals surface area contributed by atoms with Gasteiger partial charge < -0.3 is 9.84 Å². The maximum absolute atomic E-state index is 12.4. The molecule has 0 atom stereocenters. The van der Waals surface area contributed by atoms with Crippen molar-refractivity contribution in [2.24, 2.45) is 5.10 Å². The van der Waals surface area contributed by atoms with Gasteiger partial charge in [-0.3, -0.25) is 14.9 Å². The molecular formula is C21H14ClN3O6. The van der Waals surface area contributed by atoms with E-state index in [-0.39, 0.29) is 28.3 Å². The zero-order valence-electron chi connectivity index (χ0n) is 15.7. The van der Waals surface area contributed by atoms with Crippen LogP contribution in [0.2, 0.25) is 5.02 Å². The Morgan fingerprint density at radius 1 is 1.10 bits per heavy atom. The lowest BCUT2D eigenvalue weighted by Crippen LogP contribution is -2.17. The monoisotopic (exact) mass is 439 g/mol. The lowest BCUT2D eigenvalue weighted by Gasteiger charge is -2.08. The number of phenolic OH excluding ortho intramolecular Hbond substituents is 1. The molecule has 0 saturated carbocycles. The molecule has 1 amide bonds. The smallest absolute Gasteiger partial charge is 0.343 e. The summed E-state index contributed by atoms with van der Waals surface area (Å²) in [7, 11) is 0. The maximum Gasteiger partial charge on any atom is 0.343 e. The van der Waals surface area contributed by atoms with E-state index < -0.39 is 16.8 Å². The molecule has 2 N–H and O–H groups in total. The maximum atomic E-state index is 12.4. The van der Waals surface area contributed by atoms with Crippen LogP contribution in [-0.4, -0.2) is 28.1 Å². The molecule has 0 spiro atoms. The van der Waals surface area contributed by atoms with Crippen molar-refractivity contribution in [3.63, 3.8) is 0 Å². The van der Waals surface area contributed by atoms with Crippen LogP contribution < -0.4 is 10.2 Å². The Kier molecular flexibility index (Phi) is 6.58. The van der Waals surface area contributed by atoms with E-state index in [1.807, 2.05) is 0 Å². The fourth-order valence-corrected chi connectivity index (χ4v) is 2.66. The SMILES string of the molecule is O=C(Oc1ccc(Cl)cc1/C=N/NC(=O)c1ccccc1O)c1ccc([N+](=O)[O-])cc1. The third-order valence-corrected chi connectivity index (χ3v) is 4.24. The molecule has 0 aliphatic heterocycles. The summed E-state index contributed by atoms with van der Waals surface area (Å²) in [6.45, 7) is 0. The van der Waals surface area contributed by atoms with Crippen LogP contribution in [0.15, 0.2) is 71.8 Å². The van der Waals surface area contributed by atoms with Gasteiger partial charge in [0, 0.05) is 22.7 Å². The molecule has 0 unspecified atom stereocenters. The topological polar surface area (TPSA) is 131 Å². The van der Waals surface area contributed by atoms with E-state index in [1.54, 1.807) is 12.1 Å². The van der Waals surface area contributed by atoms with Crippen molar-refractivity contribution < 1.29 is 24.4 Å². The van der Waals surface area contributed by atoms with Gasteiger partial charge in [0.2, 0.25) is 0 Å². The number of non-ortho nitro benzene ring substituents is 1. The van der Waals surface area contributed by atoms with Crippen molar-refractivity contribution in [2.45, 2.75) is 0 Å². The summed E-state index contributed by atoms with van der Waals surface area (Å²) in [4.78, 5) is 34.6. The van der Waals surface area contributed by atoms with Crippen molar-refractivity contribution in [2.75, 3.05) is 0 Å². The Morgan fingerprint density at radius 2 is 1.81 bits per heavy atom. The van der Waals surface area contributed by atoms with E-state index >= 15 is 0 Å². The number of para-hydroxylation sites is 1. The number of ether oxygens (including phenoxy) is 1. The second kappa shape index (κ2) is 9.51. The molecule has 0 heterocycles. The standard InChI is InChI=1S/C21H14ClN3O6/c22-15-7-10-19(31-21(28)13-5-8-16(9-6-13)25(29)30)14(11-15)12-23-24-20(27)17-3-1-2-4-18(17)26/h1-12,26H,(H,24,27)/b23-12+. The van der Waals surface area contributed by atoms with Gasteiger partial charge >= 0.3 is 5.97 Å². The number of phenols is 1. The van der Waals surface area contributed by atoms with Crippen LogP contribution in [0.1, 0.15) is 26.3 Å². The number of halogens is 1. The normalized spacial score (nSPS) is 10.6. The Morgan fingerprint density at radius 3 is 2.48 bits per heavy atom. The molecule has 31 heavy (non-hydrogen) atoms. The second-order valence-corrected chi connectivity index (χ2v) is 6.53. The van der Waals surface area contributed by atoms with E-state index in [0.29, 0.717) is 10.6 Å². The zero-order valence-corrected chi connectivity index (χ0v) is 16.4. The van der Waals surface area contributed by atoms with Gasteiger partial charge in [-0.25, -0.2) is 10.2 Å². The highest BCUT2D eigenvalue weighted by atomic mass is 35.5. The Hall–Kier alpha value is -4.24. The number of nitro groups is 1. The number of esters is 1. The Bertz CT molecular complexity index is 1180. The van der Waals surface area contributed by atoms with Crippen molar-refractivity contribution >= 4 is 35.4 Å². The van der Waals surface area contributed by atoms with Gasteiger partial charge in [-0.1, -0.05) is 23.7 Å². The fourth-order valence-electron chi connectivity index (χ4n) is 2.48. The van der Waals surface area contributed by atoms with E-state index in [0.717, 1.165) is 0 Å². The molecule has 0 aliphatic carbocycles. The van der Waals surface area contributed by atoms with Crippen molar-refractivity contribution in [3.8, 4) is 11.5 Å². The predicted molar refractivity (Wildman–Crippen MR) is 113 cm³/mol. The molecule has 0 saturated heterocycles. The minimum atomic E-state index is -0.745. The van der Waals surface area contributed by atoms with Gasteiger partial charge in [0.1, 0.15) is 11.5 Å². The summed E-state index contributed by atoms with van der Waals surface area (Å²) in [6.07, 6.45) is 1.22. The van der Waals surface area contributed by atoms with Crippen molar-refractivity contribution in [1.29, 1.82) is 0 Å². The molecule has 156 valence electrons. The lowest BCUT2D eigenvalue weighted by molar-refractivity contribution is -0.384. The van der Waals surface area contributed by atoms with Gasteiger partial charge in [-0.05, 0) is 42.5 Å². The fraction of sp³-hybridized carbons (Fsp3) is 0. The van der Waals surface area contributed by atoms with Crippen LogP contribution in [0, 0.1) is 10.1 Å². The predicted octanol–water partition coefficient (Wildman–Crippen LogP) is 3.94. The summed E-state index contributed by atoms with van der Waals surface area (Å²) in [6, 6.07) is 15.3. The third-order valence-electron chi connectivity index (χ3n) is 4.01. The van der Waals surface area contributed by atoms with E-state index in [1.165, 1.54) is 60.8 Å². The molecule has 10 heteroatoms. The van der Waals surface area contributed by atoms with E-state index in [4.69, 9.17) is 16.3 Å². The minimum absolute atomic E-state index is 0.0376. The van der Waals surface area contributed by atoms with Gasteiger partial charge in [0.15, 0.2) is 0 Å². The number of rotatable bonds is 6. The molecule has 9 nitrogen and oxygen atoms in total. The number of carbonyl (C=O) groups is 2. The van der Waals surface area contributed by atoms with Crippen LogP contribution >= 0.6 is 11.6 Å². The van der Waals surface area contributed by atoms with Crippen LogP contribution in [-0.2, 0) is 0 Å². The van der Waals surface area contributed by atoms with Crippen LogP contribution in [0.4, 0.5) is 5.69 Å². The zero-order chi connectivity index (χ0) is 22.4. The second-order valence-electron chi connectivity index (χ2n) is 6.09. The number of nitrogens with one attached hydrogen (secondary N) is 1. The number of hydrazone groups is 1. The van der Waals surface area contributed by atoms with Gasteiger partial charge in [-0.2, -0.15) is 5.10 Å². The molecule has 0 aromatic heterocycles. The first-order valence-electron chi connectivity index (χ1n) is 8.73. The molecule has 0 radical (unpaired) electrons. The number of aromatic hydroxyl groups is 1. The summed E-state index contributed by atoms with van der Waals surface area (Å²) in [5.41, 5.74) is 2.54. The highest BCUT2D eigenvalue weighted by Crippen LogP contribution is 2.23. The van der Waals surface area contributed by atoms with Crippen molar-refractivity contribution in [3.05, 3.63) is 98.6 Å². The Labute approximate surface area is 180 Å². The Balaban J connectivity index is 1.75. The number of carbonyl (C=O) groups excluding carboxylic acids is 2. The number of hydrogen-bond donors (Lipinski definition) is 2. The first kappa shape index (κ1) is 21.5. The lowest BCUT2D eigenvalue weighted by atomic mass is 10.2. The average molecular weight is 440 g/mol. The molecule has 3 aromatic carbocycles. The summed E-state index contributed by atoms with van der Waals surface area (Å²) in [5.74, 6) is -1.48. The highest BCUT2D eigenvalue weighted by molar-refractivity contribution is 6.31.